The number of nitrogens with zero attached hydrogens (tertiary/aromatic N) is 1. The molecule has 15 heavy (non-hydrogen) atoms. The molecule has 1 N–H and O–H groups in total. The van der Waals surface area contributed by atoms with E-state index in [1.54, 1.807) is 6.20 Å². The van der Waals surface area contributed by atoms with Crippen molar-refractivity contribution in [2.45, 2.75) is 45.1 Å². The van der Waals surface area contributed by atoms with E-state index in [0.29, 0.717) is 5.92 Å². The molecular weight excluding hydrogens is 186 g/mol. The SMILES string of the molecule is CCC1(CC)C(O)CC1c1cccnc1. The van der Waals surface area contributed by atoms with Gasteiger partial charge in [-0.25, -0.2) is 0 Å². The highest BCUT2D eigenvalue weighted by Crippen LogP contribution is 2.56. The third-order valence-electron chi connectivity index (χ3n) is 4.22. The lowest BCUT2D eigenvalue weighted by Crippen LogP contribution is -2.50. The Morgan fingerprint density at radius 2 is 2.20 bits per heavy atom. The molecule has 1 aromatic heterocycles. The molecule has 0 aliphatic heterocycles. The van der Waals surface area contributed by atoms with Gasteiger partial charge >= 0.3 is 0 Å². The molecule has 0 amide bonds. The van der Waals surface area contributed by atoms with Crippen LogP contribution in [-0.2, 0) is 0 Å². The van der Waals surface area contributed by atoms with Gasteiger partial charge in [0.1, 0.15) is 0 Å². The van der Waals surface area contributed by atoms with E-state index in [1.807, 2.05) is 12.3 Å². The maximum absolute atomic E-state index is 9.97. The van der Waals surface area contributed by atoms with Crippen molar-refractivity contribution < 1.29 is 5.11 Å². The molecule has 1 fully saturated rings. The number of hydrogen-bond donors (Lipinski definition) is 1. The van der Waals surface area contributed by atoms with Crippen molar-refractivity contribution in [2.75, 3.05) is 0 Å². The van der Waals surface area contributed by atoms with E-state index in [-0.39, 0.29) is 11.5 Å². The van der Waals surface area contributed by atoms with Crippen molar-refractivity contribution in [1.29, 1.82) is 0 Å². The standard InChI is InChI=1S/C13H19NO/c1-3-13(4-2)11(8-12(13)15)10-6-5-7-14-9-10/h5-7,9,11-12,15H,3-4,8H2,1-2H3. The van der Waals surface area contributed by atoms with Crippen LogP contribution in [-0.4, -0.2) is 16.2 Å². The topological polar surface area (TPSA) is 33.1 Å². The molecule has 1 heterocycles. The Kier molecular flexibility index (Phi) is 2.79. The minimum Gasteiger partial charge on any atom is -0.393 e. The largest absolute Gasteiger partial charge is 0.393 e. The Labute approximate surface area is 91.4 Å². The Morgan fingerprint density at radius 1 is 1.47 bits per heavy atom. The van der Waals surface area contributed by atoms with Crippen LogP contribution >= 0.6 is 0 Å². The summed E-state index contributed by atoms with van der Waals surface area (Å²) in [5, 5.41) is 9.97. The quantitative estimate of drug-likeness (QED) is 0.823. The number of pyridine rings is 1. The van der Waals surface area contributed by atoms with Crippen LogP contribution in [0.4, 0.5) is 0 Å². The van der Waals surface area contributed by atoms with E-state index in [9.17, 15) is 5.11 Å². The van der Waals surface area contributed by atoms with Gasteiger partial charge in [-0.15, -0.1) is 0 Å². The monoisotopic (exact) mass is 205 g/mol. The summed E-state index contributed by atoms with van der Waals surface area (Å²) < 4.78 is 0. The first-order valence-corrected chi connectivity index (χ1v) is 5.82. The van der Waals surface area contributed by atoms with E-state index in [2.05, 4.69) is 24.9 Å². The van der Waals surface area contributed by atoms with Crippen LogP contribution in [0.2, 0.25) is 0 Å². The smallest absolute Gasteiger partial charge is 0.0608 e. The van der Waals surface area contributed by atoms with Gasteiger partial charge in [0, 0.05) is 17.8 Å². The van der Waals surface area contributed by atoms with Crippen molar-refractivity contribution in [2.24, 2.45) is 5.41 Å². The van der Waals surface area contributed by atoms with E-state index in [1.165, 1.54) is 5.56 Å². The normalized spacial score (nSPS) is 28.5. The minimum atomic E-state index is -0.127. The van der Waals surface area contributed by atoms with Crippen molar-refractivity contribution in [3.05, 3.63) is 30.1 Å². The number of aromatic nitrogens is 1. The molecule has 1 saturated carbocycles. The highest BCUT2D eigenvalue weighted by Gasteiger charge is 2.52. The van der Waals surface area contributed by atoms with Gasteiger partial charge in [-0.2, -0.15) is 0 Å². The second-order valence-electron chi connectivity index (χ2n) is 4.53. The van der Waals surface area contributed by atoms with Crippen LogP contribution in [0.5, 0.6) is 0 Å². The van der Waals surface area contributed by atoms with Crippen LogP contribution in [0, 0.1) is 5.41 Å². The molecule has 0 aromatic carbocycles. The first-order valence-electron chi connectivity index (χ1n) is 5.82. The summed E-state index contributed by atoms with van der Waals surface area (Å²) in [6.45, 7) is 4.35. The second-order valence-corrected chi connectivity index (χ2v) is 4.53. The Balaban J connectivity index is 2.25. The Hall–Kier alpha value is -0.890. The maximum Gasteiger partial charge on any atom is 0.0608 e. The number of aliphatic hydroxyl groups is 1. The fraction of sp³-hybridized carbons (Fsp3) is 0.615. The van der Waals surface area contributed by atoms with Gasteiger partial charge in [0.25, 0.3) is 0 Å². The Morgan fingerprint density at radius 3 is 2.67 bits per heavy atom. The lowest BCUT2D eigenvalue weighted by molar-refractivity contribution is -0.0932. The van der Waals surface area contributed by atoms with Crippen LogP contribution in [0.3, 0.4) is 0 Å². The summed E-state index contributed by atoms with van der Waals surface area (Å²) >= 11 is 0. The number of aliphatic hydroxyl groups excluding tert-OH is 1. The summed E-state index contributed by atoms with van der Waals surface area (Å²) in [5.74, 6) is 0.496. The molecule has 0 spiro atoms. The number of rotatable bonds is 3. The summed E-state index contributed by atoms with van der Waals surface area (Å²) in [6.07, 6.45) is 6.61. The minimum absolute atomic E-state index is 0.100. The van der Waals surface area contributed by atoms with Gasteiger partial charge in [0.05, 0.1) is 6.10 Å². The predicted octanol–water partition coefficient (Wildman–Crippen LogP) is 2.74. The van der Waals surface area contributed by atoms with Crippen molar-refractivity contribution >= 4 is 0 Å². The molecule has 2 atom stereocenters. The average molecular weight is 205 g/mol. The predicted molar refractivity (Wildman–Crippen MR) is 60.6 cm³/mol. The van der Waals surface area contributed by atoms with Crippen molar-refractivity contribution in [1.82, 2.24) is 4.98 Å². The summed E-state index contributed by atoms with van der Waals surface area (Å²) in [4.78, 5) is 4.17. The van der Waals surface area contributed by atoms with Gasteiger partial charge < -0.3 is 5.11 Å². The van der Waals surface area contributed by atoms with E-state index >= 15 is 0 Å². The lowest BCUT2D eigenvalue weighted by Gasteiger charge is -2.53. The molecule has 1 aliphatic rings. The molecule has 82 valence electrons. The molecule has 1 aromatic rings. The van der Waals surface area contributed by atoms with Crippen LogP contribution in [0.1, 0.15) is 44.6 Å². The van der Waals surface area contributed by atoms with E-state index in [0.717, 1.165) is 19.3 Å². The molecule has 0 saturated heterocycles. The van der Waals surface area contributed by atoms with Gasteiger partial charge in [-0.1, -0.05) is 19.9 Å². The average Bonchev–Trinajstić information content (AvgIpc) is 2.29. The van der Waals surface area contributed by atoms with Crippen molar-refractivity contribution in [3.63, 3.8) is 0 Å². The highest BCUT2D eigenvalue weighted by molar-refractivity contribution is 5.24. The third kappa shape index (κ3) is 1.48. The zero-order valence-electron chi connectivity index (χ0n) is 9.48. The van der Waals surface area contributed by atoms with E-state index < -0.39 is 0 Å². The molecule has 1 aliphatic carbocycles. The molecule has 2 nitrogen and oxygen atoms in total. The van der Waals surface area contributed by atoms with Gasteiger partial charge in [0.15, 0.2) is 0 Å². The zero-order valence-corrected chi connectivity index (χ0v) is 9.48. The fourth-order valence-corrected chi connectivity index (χ4v) is 3.03. The highest BCUT2D eigenvalue weighted by atomic mass is 16.3. The van der Waals surface area contributed by atoms with E-state index in [4.69, 9.17) is 0 Å². The van der Waals surface area contributed by atoms with Crippen LogP contribution < -0.4 is 0 Å². The van der Waals surface area contributed by atoms with Crippen LogP contribution in [0.15, 0.2) is 24.5 Å². The lowest BCUT2D eigenvalue weighted by atomic mass is 9.53. The third-order valence-corrected chi connectivity index (χ3v) is 4.22. The summed E-state index contributed by atoms with van der Waals surface area (Å²) in [7, 11) is 0. The maximum atomic E-state index is 9.97. The zero-order chi connectivity index (χ0) is 10.9. The molecule has 2 heteroatoms. The summed E-state index contributed by atoms with van der Waals surface area (Å²) in [6, 6.07) is 4.11. The van der Waals surface area contributed by atoms with Gasteiger partial charge in [-0.3, -0.25) is 4.98 Å². The Bertz CT molecular complexity index is 319. The molecular formula is C13H19NO. The van der Waals surface area contributed by atoms with Gasteiger partial charge in [-0.05, 0) is 36.8 Å². The van der Waals surface area contributed by atoms with Gasteiger partial charge in [0.2, 0.25) is 0 Å². The fourth-order valence-electron chi connectivity index (χ4n) is 3.03. The molecule has 2 unspecified atom stereocenters. The van der Waals surface area contributed by atoms with Crippen LogP contribution in [0.25, 0.3) is 0 Å². The molecule has 0 bridgehead atoms. The number of hydrogen-bond acceptors (Lipinski definition) is 2. The summed E-state index contributed by atoms with van der Waals surface area (Å²) in [5.41, 5.74) is 1.38. The molecule has 2 rings (SSSR count). The van der Waals surface area contributed by atoms with Crippen molar-refractivity contribution in [3.8, 4) is 0 Å². The first kappa shape index (κ1) is 10.6. The first-order chi connectivity index (χ1) is 7.24. The molecule has 0 radical (unpaired) electrons. The second kappa shape index (κ2) is 3.93.